The van der Waals surface area contributed by atoms with E-state index in [-0.39, 0.29) is 5.91 Å². The monoisotopic (exact) mass is 440 g/mol. The third kappa shape index (κ3) is 3.65. The summed E-state index contributed by atoms with van der Waals surface area (Å²) in [5, 5.41) is 4.58. The van der Waals surface area contributed by atoms with Gasteiger partial charge in [-0.2, -0.15) is 0 Å². The van der Waals surface area contributed by atoms with Crippen molar-refractivity contribution in [1.29, 1.82) is 0 Å². The lowest BCUT2D eigenvalue weighted by molar-refractivity contribution is -0.115. The Kier molecular flexibility index (Phi) is 4.80. The Morgan fingerprint density at radius 1 is 1.26 bits per heavy atom. The van der Waals surface area contributed by atoms with E-state index in [0.29, 0.717) is 11.6 Å². The van der Waals surface area contributed by atoms with Gasteiger partial charge < -0.3 is 10.3 Å². The Hall–Kier alpha value is -2.51. The number of aromatic nitrogens is 3. The molecule has 0 spiro atoms. The number of fused-ring (bicyclic) bond motifs is 1. The summed E-state index contributed by atoms with van der Waals surface area (Å²) in [5.41, 5.74) is 4.76. The molecule has 3 aromatic heterocycles. The van der Waals surface area contributed by atoms with E-state index in [2.05, 4.69) is 36.2 Å². The quantitative estimate of drug-likeness (QED) is 0.455. The van der Waals surface area contributed by atoms with Gasteiger partial charge in [0.1, 0.15) is 0 Å². The summed E-state index contributed by atoms with van der Waals surface area (Å²) in [7, 11) is 0. The van der Waals surface area contributed by atoms with Crippen molar-refractivity contribution in [3.05, 3.63) is 64.0 Å². The molecule has 0 aliphatic heterocycles. The van der Waals surface area contributed by atoms with Crippen molar-refractivity contribution < 1.29 is 4.79 Å². The third-order valence-corrected chi connectivity index (χ3v) is 5.95. The molecule has 0 fully saturated rings. The maximum Gasteiger partial charge on any atom is 0.230 e. The average molecular weight is 441 g/mol. The van der Waals surface area contributed by atoms with Crippen molar-refractivity contribution in [2.45, 2.75) is 20.3 Å². The number of nitrogens with one attached hydrogen (secondary N) is 2. The maximum absolute atomic E-state index is 12.6. The first kappa shape index (κ1) is 17.9. The first-order valence-electron chi connectivity index (χ1n) is 8.46. The van der Waals surface area contributed by atoms with Crippen molar-refractivity contribution in [2.24, 2.45) is 0 Å². The van der Waals surface area contributed by atoms with Crippen LogP contribution >= 0.6 is 27.3 Å². The van der Waals surface area contributed by atoms with Crippen LogP contribution in [0.15, 0.2) is 47.1 Å². The number of aromatic amines is 1. The number of benzene rings is 1. The minimum Gasteiger partial charge on any atom is -0.358 e. The Morgan fingerprint density at radius 2 is 2.11 bits per heavy atom. The van der Waals surface area contributed by atoms with Crippen LogP contribution in [0.5, 0.6) is 0 Å². The SMILES string of the molecule is Cc1nc(NC(=O)Cc2c(C)[nH]c3ccc(Br)cc23)sc1-c1ccccn1. The highest BCUT2D eigenvalue weighted by Crippen LogP contribution is 2.31. The second-order valence-electron chi connectivity index (χ2n) is 6.29. The molecule has 0 atom stereocenters. The summed E-state index contributed by atoms with van der Waals surface area (Å²) < 4.78 is 0.992. The van der Waals surface area contributed by atoms with Crippen molar-refractivity contribution >= 4 is 49.2 Å². The molecule has 1 amide bonds. The molecule has 0 radical (unpaired) electrons. The number of rotatable bonds is 4. The molecule has 0 saturated heterocycles. The van der Waals surface area contributed by atoms with Gasteiger partial charge >= 0.3 is 0 Å². The highest BCUT2D eigenvalue weighted by atomic mass is 79.9. The number of aryl methyl sites for hydroxylation is 2. The summed E-state index contributed by atoms with van der Waals surface area (Å²) in [6.45, 7) is 3.92. The summed E-state index contributed by atoms with van der Waals surface area (Å²) >= 11 is 4.94. The van der Waals surface area contributed by atoms with Crippen LogP contribution in [0.25, 0.3) is 21.5 Å². The molecular formula is C20H17BrN4OS. The second-order valence-corrected chi connectivity index (χ2v) is 8.21. The van der Waals surface area contributed by atoms with Gasteiger partial charge in [0.2, 0.25) is 5.91 Å². The number of carbonyl (C=O) groups is 1. The molecule has 2 N–H and O–H groups in total. The van der Waals surface area contributed by atoms with Gasteiger partial charge in [-0.1, -0.05) is 33.3 Å². The highest BCUT2D eigenvalue weighted by molar-refractivity contribution is 9.10. The zero-order valence-corrected chi connectivity index (χ0v) is 17.2. The van der Waals surface area contributed by atoms with Gasteiger partial charge in [0.25, 0.3) is 0 Å². The number of carbonyl (C=O) groups excluding carboxylic acids is 1. The number of H-pyrrole nitrogens is 1. The van der Waals surface area contributed by atoms with Gasteiger partial charge in [-0.15, -0.1) is 0 Å². The van der Waals surface area contributed by atoms with E-state index in [1.54, 1.807) is 6.20 Å². The van der Waals surface area contributed by atoms with Crippen molar-refractivity contribution in [3.63, 3.8) is 0 Å². The molecule has 0 aliphatic carbocycles. The number of amides is 1. The van der Waals surface area contributed by atoms with Gasteiger partial charge in [0.15, 0.2) is 5.13 Å². The first-order chi connectivity index (χ1) is 13.0. The average Bonchev–Trinajstić information content (AvgIpc) is 3.15. The van der Waals surface area contributed by atoms with E-state index >= 15 is 0 Å². The van der Waals surface area contributed by atoms with E-state index in [4.69, 9.17) is 0 Å². The number of halogens is 1. The summed E-state index contributed by atoms with van der Waals surface area (Å²) in [4.78, 5) is 25.8. The number of hydrogen-bond acceptors (Lipinski definition) is 4. The standard InChI is InChI=1S/C20H17BrN4OS/c1-11-14(15-9-13(21)6-7-16(15)23-11)10-18(26)25-20-24-12(2)19(27-20)17-5-3-4-8-22-17/h3-9,23H,10H2,1-2H3,(H,24,25,26). The van der Waals surface area contributed by atoms with Crippen LogP contribution in [0.1, 0.15) is 17.0 Å². The predicted molar refractivity (Wildman–Crippen MR) is 113 cm³/mol. The van der Waals surface area contributed by atoms with Crippen LogP contribution in [-0.4, -0.2) is 20.9 Å². The molecule has 1 aromatic carbocycles. The fourth-order valence-corrected chi connectivity index (χ4v) is 4.41. The van der Waals surface area contributed by atoms with Gasteiger partial charge in [0, 0.05) is 27.3 Å². The fourth-order valence-electron chi connectivity index (χ4n) is 3.09. The lowest BCUT2D eigenvalue weighted by Crippen LogP contribution is -2.14. The van der Waals surface area contributed by atoms with Gasteiger partial charge in [-0.3, -0.25) is 9.78 Å². The number of anilines is 1. The van der Waals surface area contributed by atoms with Crippen LogP contribution in [0, 0.1) is 13.8 Å². The number of pyridine rings is 1. The molecule has 4 aromatic rings. The lowest BCUT2D eigenvalue weighted by Gasteiger charge is -2.03. The van der Waals surface area contributed by atoms with Crippen molar-refractivity contribution in [3.8, 4) is 10.6 Å². The van der Waals surface area contributed by atoms with Crippen LogP contribution in [0.4, 0.5) is 5.13 Å². The van der Waals surface area contributed by atoms with E-state index in [9.17, 15) is 4.79 Å². The molecule has 0 unspecified atom stereocenters. The van der Waals surface area contributed by atoms with Crippen molar-refractivity contribution in [1.82, 2.24) is 15.0 Å². The topological polar surface area (TPSA) is 70.7 Å². The molecule has 0 aliphatic rings. The van der Waals surface area contributed by atoms with Crippen LogP contribution in [0.2, 0.25) is 0 Å². The molecule has 5 nitrogen and oxygen atoms in total. The summed E-state index contributed by atoms with van der Waals surface area (Å²) in [5.74, 6) is -0.0831. The number of nitrogens with zero attached hydrogens (tertiary/aromatic N) is 2. The maximum atomic E-state index is 12.6. The smallest absolute Gasteiger partial charge is 0.230 e. The Morgan fingerprint density at radius 3 is 2.89 bits per heavy atom. The zero-order chi connectivity index (χ0) is 19.0. The Balaban J connectivity index is 1.56. The molecule has 3 heterocycles. The predicted octanol–water partition coefficient (Wildman–Crippen LogP) is 5.25. The van der Waals surface area contributed by atoms with E-state index < -0.39 is 0 Å². The second kappa shape index (κ2) is 7.25. The van der Waals surface area contributed by atoms with Gasteiger partial charge in [-0.25, -0.2) is 4.98 Å². The first-order valence-corrected chi connectivity index (χ1v) is 10.1. The molecule has 0 bridgehead atoms. The van der Waals surface area contributed by atoms with Gasteiger partial charge in [-0.05, 0) is 49.7 Å². The molecule has 27 heavy (non-hydrogen) atoms. The summed E-state index contributed by atoms with van der Waals surface area (Å²) in [6, 6.07) is 11.8. The fraction of sp³-hybridized carbons (Fsp3) is 0.150. The van der Waals surface area contributed by atoms with Gasteiger partial charge in [0.05, 0.1) is 22.7 Å². The number of thiazole rings is 1. The van der Waals surface area contributed by atoms with Crippen molar-refractivity contribution in [2.75, 3.05) is 5.32 Å². The van der Waals surface area contributed by atoms with E-state index in [1.807, 2.05) is 50.2 Å². The zero-order valence-electron chi connectivity index (χ0n) is 14.8. The Bertz CT molecular complexity index is 1130. The molecular weight excluding hydrogens is 424 g/mol. The summed E-state index contributed by atoms with van der Waals surface area (Å²) in [6.07, 6.45) is 2.05. The van der Waals surface area contributed by atoms with Crippen LogP contribution < -0.4 is 5.32 Å². The van der Waals surface area contributed by atoms with Crippen LogP contribution in [-0.2, 0) is 11.2 Å². The molecule has 136 valence electrons. The highest BCUT2D eigenvalue weighted by Gasteiger charge is 2.16. The van der Waals surface area contributed by atoms with E-state index in [0.717, 1.165) is 42.9 Å². The minimum atomic E-state index is -0.0831. The third-order valence-electron chi connectivity index (χ3n) is 4.36. The van der Waals surface area contributed by atoms with E-state index in [1.165, 1.54) is 11.3 Å². The normalized spacial score (nSPS) is 11.1. The minimum absolute atomic E-state index is 0.0831. The largest absolute Gasteiger partial charge is 0.358 e. The number of hydrogen-bond donors (Lipinski definition) is 2. The lowest BCUT2D eigenvalue weighted by atomic mass is 10.1. The Labute approximate surface area is 169 Å². The molecule has 4 rings (SSSR count). The molecule has 0 saturated carbocycles. The molecule has 7 heteroatoms. The van der Waals surface area contributed by atoms with Crippen LogP contribution in [0.3, 0.4) is 0 Å².